The lowest BCUT2D eigenvalue weighted by Crippen LogP contribution is -2.02. The number of rotatable bonds is 1. The number of hydrogen-bond acceptors (Lipinski definition) is 3. The maximum Gasteiger partial charge on any atom is 0.101 e. The Hall–Kier alpha value is -1.80. The molecule has 0 atom stereocenters. The molecule has 0 unspecified atom stereocenters. The third-order valence-corrected chi connectivity index (χ3v) is 3.15. The molecular weight excluding hydrogens is 280 g/mol. The molecule has 2 rings (SSSR count). The van der Waals surface area contributed by atoms with Crippen molar-refractivity contribution in [2.75, 3.05) is 5.73 Å². The van der Waals surface area contributed by atoms with Crippen molar-refractivity contribution in [1.29, 1.82) is 5.26 Å². The van der Waals surface area contributed by atoms with Gasteiger partial charge < -0.3 is 5.73 Å². The number of hydrogen-bond donors (Lipinski definition) is 1. The fourth-order valence-corrected chi connectivity index (χ4v) is 2.01. The number of nitrogen functional groups attached to an aromatic ring is 1. The number of benzene rings is 1. The quantitative estimate of drug-likeness (QED) is 0.878. The van der Waals surface area contributed by atoms with Crippen molar-refractivity contribution in [2.45, 2.75) is 13.8 Å². The van der Waals surface area contributed by atoms with Crippen LogP contribution < -0.4 is 5.73 Å². The van der Waals surface area contributed by atoms with Gasteiger partial charge in [0.1, 0.15) is 6.07 Å². The maximum atomic E-state index is 9.10. The molecule has 0 bridgehead atoms. The number of nitrogens with zero attached hydrogens (tertiary/aromatic N) is 3. The summed E-state index contributed by atoms with van der Waals surface area (Å²) in [4.78, 5) is 0. The molecule has 0 aliphatic heterocycles. The van der Waals surface area contributed by atoms with E-state index in [1.54, 1.807) is 10.7 Å². The molecule has 2 aromatic rings. The van der Waals surface area contributed by atoms with Gasteiger partial charge in [-0.1, -0.05) is 15.9 Å². The Bertz CT molecular complexity index is 622. The van der Waals surface area contributed by atoms with Crippen LogP contribution in [0.5, 0.6) is 0 Å². The van der Waals surface area contributed by atoms with E-state index in [4.69, 9.17) is 11.0 Å². The van der Waals surface area contributed by atoms with Crippen LogP contribution >= 0.6 is 15.9 Å². The fourth-order valence-electron chi connectivity index (χ4n) is 1.66. The Morgan fingerprint density at radius 2 is 2.12 bits per heavy atom. The van der Waals surface area contributed by atoms with Gasteiger partial charge in [0.2, 0.25) is 0 Å². The van der Waals surface area contributed by atoms with Crippen LogP contribution in [-0.4, -0.2) is 9.78 Å². The largest absolute Gasteiger partial charge is 0.396 e. The number of nitriles is 1. The molecule has 0 amide bonds. The van der Waals surface area contributed by atoms with Gasteiger partial charge in [-0.05, 0) is 32.0 Å². The van der Waals surface area contributed by atoms with Crippen LogP contribution in [0.15, 0.2) is 22.7 Å². The van der Waals surface area contributed by atoms with Gasteiger partial charge in [-0.25, -0.2) is 4.68 Å². The Labute approximate surface area is 108 Å². The molecule has 0 saturated heterocycles. The Balaban J connectivity index is 2.72. The van der Waals surface area contributed by atoms with E-state index in [0.29, 0.717) is 11.3 Å². The van der Waals surface area contributed by atoms with Crippen LogP contribution in [0.4, 0.5) is 5.69 Å². The van der Waals surface area contributed by atoms with Gasteiger partial charge in [-0.15, -0.1) is 0 Å². The van der Waals surface area contributed by atoms with E-state index in [2.05, 4.69) is 27.1 Å². The molecule has 0 aliphatic rings. The Kier molecular flexibility index (Phi) is 2.90. The van der Waals surface area contributed by atoms with E-state index in [1.807, 2.05) is 26.0 Å². The first-order valence-electron chi connectivity index (χ1n) is 5.06. The highest BCUT2D eigenvalue weighted by molar-refractivity contribution is 9.10. The van der Waals surface area contributed by atoms with Crippen molar-refractivity contribution in [3.05, 3.63) is 39.6 Å². The summed E-state index contributed by atoms with van der Waals surface area (Å²) in [6.45, 7) is 3.74. The fraction of sp³-hybridized carbons (Fsp3) is 0.167. The van der Waals surface area contributed by atoms with Crippen molar-refractivity contribution in [3.8, 4) is 11.8 Å². The smallest absolute Gasteiger partial charge is 0.101 e. The van der Waals surface area contributed by atoms with Gasteiger partial charge in [0.05, 0.1) is 28.3 Å². The number of halogens is 1. The first kappa shape index (κ1) is 11.7. The summed E-state index contributed by atoms with van der Waals surface area (Å²) in [6.07, 6.45) is 0. The van der Waals surface area contributed by atoms with E-state index in [1.165, 1.54) is 0 Å². The summed E-state index contributed by atoms with van der Waals surface area (Å²) in [6, 6.07) is 7.60. The van der Waals surface area contributed by atoms with Crippen molar-refractivity contribution in [2.24, 2.45) is 0 Å². The molecule has 2 N–H and O–H groups in total. The number of aryl methyl sites for hydroxylation is 1. The van der Waals surface area contributed by atoms with E-state index in [-0.39, 0.29) is 0 Å². The van der Waals surface area contributed by atoms with Crippen molar-refractivity contribution < 1.29 is 0 Å². The molecule has 86 valence electrons. The Morgan fingerprint density at radius 3 is 2.65 bits per heavy atom. The van der Waals surface area contributed by atoms with Crippen molar-refractivity contribution in [3.63, 3.8) is 0 Å². The number of anilines is 1. The maximum absolute atomic E-state index is 9.10. The second kappa shape index (κ2) is 4.22. The Morgan fingerprint density at radius 1 is 1.41 bits per heavy atom. The molecule has 0 saturated carbocycles. The average Bonchev–Trinajstić information content (AvgIpc) is 2.57. The molecule has 17 heavy (non-hydrogen) atoms. The third-order valence-electron chi connectivity index (χ3n) is 2.66. The van der Waals surface area contributed by atoms with Gasteiger partial charge in [-0.2, -0.15) is 10.4 Å². The molecule has 1 aromatic heterocycles. The van der Waals surface area contributed by atoms with Crippen molar-refractivity contribution in [1.82, 2.24) is 9.78 Å². The summed E-state index contributed by atoms with van der Waals surface area (Å²) >= 11 is 3.39. The summed E-state index contributed by atoms with van der Waals surface area (Å²) in [7, 11) is 0. The topological polar surface area (TPSA) is 67.6 Å². The minimum atomic E-state index is 0.568. The van der Waals surface area contributed by atoms with Crippen LogP contribution in [-0.2, 0) is 0 Å². The standard InChI is InChI=1S/C12H11BrN4/c1-7-12(15)8(2)17(16-7)11-5-10(13)4-3-9(11)6-14/h3-5H,15H2,1-2H3. The van der Waals surface area contributed by atoms with Crippen LogP contribution in [0.2, 0.25) is 0 Å². The zero-order valence-electron chi connectivity index (χ0n) is 9.53. The van der Waals surface area contributed by atoms with E-state index >= 15 is 0 Å². The van der Waals surface area contributed by atoms with Gasteiger partial charge in [-0.3, -0.25) is 0 Å². The van der Waals surface area contributed by atoms with Gasteiger partial charge in [0.15, 0.2) is 0 Å². The predicted molar refractivity (Wildman–Crippen MR) is 69.9 cm³/mol. The highest BCUT2D eigenvalue weighted by atomic mass is 79.9. The van der Waals surface area contributed by atoms with E-state index in [9.17, 15) is 0 Å². The lowest BCUT2D eigenvalue weighted by atomic mass is 10.2. The van der Waals surface area contributed by atoms with Gasteiger partial charge in [0, 0.05) is 4.47 Å². The summed E-state index contributed by atoms with van der Waals surface area (Å²) in [5.41, 5.74) is 9.47. The normalized spacial score (nSPS) is 10.2. The number of aromatic nitrogens is 2. The van der Waals surface area contributed by atoms with Crippen LogP contribution in [0.3, 0.4) is 0 Å². The van der Waals surface area contributed by atoms with Gasteiger partial charge in [0.25, 0.3) is 0 Å². The van der Waals surface area contributed by atoms with Crippen molar-refractivity contribution >= 4 is 21.6 Å². The minimum absolute atomic E-state index is 0.568. The highest BCUT2D eigenvalue weighted by Gasteiger charge is 2.13. The molecule has 0 spiro atoms. The molecular formula is C12H11BrN4. The third kappa shape index (κ3) is 1.92. The lowest BCUT2D eigenvalue weighted by Gasteiger charge is -2.07. The van der Waals surface area contributed by atoms with Crippen LogP contribution in [0, 0.1) is 25.2 Å². The van der Waals surface area contributed by atoms with E-state index < -0.39 is 0 Å². The molecule has 1 heterocycles. The zero-order chi connectivity index (χ0) is 12.6. The second-order valence-corrected chi connectivity index (χ2v) is 4.69. The van der Waals surface area contributed by atoms with E-state index in [0.717, 1.165) is 21.5 Å². The monoisotopic (exact) mass is 290 g/mol. The lowest BCUT2D eigenvalue weighted by molar-refractivity contribution is 0.830. The average molecular weight is 291 g/mol. The molecule has 1 aromatic carbocycles. The molecule has 0 radical (unpaired) electrons. The number of nitrogens with two attached hydrogens (primary N) is 1. The van der Waals surface area contributed by atoms with Gasteiger partial charge >= 0.3 is 0 Å². The molecule has 4 nitrogen and oxygen atoms in total. The molecule has 0 aliphatic carbocycles. The van der Waals surface area contributed by atoms with Crippen LogP contribution in [0.1, 0.15) is 17.0 Å². The zero-order valence-corrected chi connectivity index (χ0v) is 11.1. The van der Waals surface area contributed by atoms with Crippen LogP contribution in [0.25, 0.3) is 5.69 Å². The summed E-state index contributed by atoms with van der Waals surface area (Å²) in [5.74, 6) is 0. The summed E-state index contributed by atoms with van der Waals surface area (Å²) in [5, 5.41) is 13.4. The predicted octanol–water partition coefficient (Wildman–Crippen LogP) is 2.71. The second-order valence-electron chi connectivity index (χ2n) is 3.77. The first-order chi connectivity index (χ1) is 8.04. The molecule has 0 fully saturated rings. The first-order valence-corrected chi connectivity index (χ1v) is 5.85. The minimum Gasteiger partial charge on any atom is -0.396 e. The summed E-state index contributed by atoms with van der Waals surface area (Å²) < 4.78 is 2.60. The SMILES string of the molecule is Cc1nn(-c2cc(Br)ccc2C#N)c(C)c1N. The molecule has 5 heteroatoms. The highest BCUT2D eigenvalue weighted by Crippen LogP contribution is 2.24.